The average Bonchev–Trinajstić information content (AvgIpc) is 3.19. The molecule has 0 atom stereocenters. The second kappa shape index (κ2) is 7.88. The van der Waals surface area contributed by atoms with E-state index in [9.17, 15) is 23.5 Å². The summed E-state index contributed by atoms with van der Waals surface area (Å²) in [6.07, 6.45) is 2.50. The van der Waals surface area contributed by atoms with E-state index in [4.69, 9.17) is 11.6 Å². The molecule has 11 heteroatoms. The number of hydrogen-bond acceptors (Lipinski definition) is 5. The summed E-state index contributed by atoms with van der Waals surface area (Å²) in [6.45, 7) is 0.539. The van der Waals surface area contributed by atoms with Crippen molar-refractivity contribution in [1.82, 2.24) is 24.2 Å². The Morgan fingerprint density at radius 3 is 2.48 bits per heavy atom. The van der Waals surface area contributed by atoms with Gasteiger partial charge in [-0.25, -0.2) is 18.4 Å². The number of nitrogens with zero attached hydrogens (tertiary/aromatic N) is 5. The normalized spacial score (nSPS) is 20.1. The molecule has 1 amide bonds. The maximum absolute atomic E-state index is 13.1. The Balaban J connectivity index is 1.29. The van der Waals surface area contributed by atoms with Crippen LogP contribution in [0.3, 0.4) is 0 Å². The molecule has 2 aliphatic rings. The van der Waals surface area contributed by atoms with Gasteiger partial charge in [0.25, 0.3) is 5.56 Å². The van der Waals surface area contributed by atoms with E-state index in [1.165, 1.54) is 22.0 Å². The van der Waals surface area contributed by atoms with Crippen LogP contribution in [-0.2, 0) is 11.3 Å². The fraction of sp³-hybridized carbons (Fsp3) is 0.455. The van der Waals surface area contributed by atoms with E-state index in [-0.39, 0.29) is 43.9 Å². The maximum Gasteiger partial charge on any atom is 0.264 e. The number of likely N-dealkylation sites (tertiary alicyclic amines) is 1. The smallest absolute Gasteiger partial charge is 0.264 e. The predicted octanol–water partition coefficient (Wildman–Crippen LogP) is 2.63. The molecule has 0 unspecified atom stereocenters. The van der Waals surface area contributed by atoms with Crippen LogP contribution < -0.4 is 5.56 Å². The molecule has 8 nitrogen and oxygen atoms in total. The van der Waals surface area contributed by atoms with E-state index in [0.29, 0.717) is 21.7 Å². The topological polar surface area (TPSA) is 93.2 Å². The first-order chi connectivity index (χ1) is 15.6. The molecule has 0 radical (unpaired) electrons. The Morgan fingerprint density at radius 2 is 1.85 bits per heavy atom. The summed E-state index contributed by atoms with van der Waals surface area (Å²) < 4.78 is 29.1. The van der Waals surface area contributed by atoms with Crippen molar-refractivity contribution in [3.63, 3.8) is 0 Å². The van der Waals surface area contributed by atoms with Crippen molar-refractivity contribution in [3.05, 3.63) is 52.2 Å². The molecule has 1 aromatic carbocycles. The molecule has 1 aliphatic carbocycles. The average molecular weight is 478 g/mol. The van der Waals surface area contributed by atoms with Gasteiger partial charge < -0.3 is 10.0 Å². The van der Waals surface area contributed by atoms with Gasteiger partial charge in [-0.05, 0) is 37.1 Å². The highest BCUT2D eigenvalue weighted by atomic mass is 35.5. The first kappa shape index (κ1) is 22.0. The number of carbonyl (C=O) groups is 1. The Bertz CT molecular complexity index is 1260. The van der Waals surface area contributed by atoms with Crippen LogP contribution in [0.1, 0.15) is 25.7 Å². The minimum atomic E-state index is -2.75. The zero-order valence-electron chi connectivity index (χ0n) is 17.6. The molecule has 1 N–H and O–H groups in total. The Hall–Kier alpha value is -2.85. The molecular weight excluding hydrogens is 456 g/mol. The third-order valence-corrected chi connectivity index (χ3v) is 6.79. The van der Waals surface area contributed by atoms with Crippen LogP contribution in [0.4, 0.5) is 8.78 Å². The Kier molecular flexibility index (Phi) is 5.24. The number of hydrogen-bond donors (Lipinski definition) is 1. The number of aromatic nitrogens is 4. The maximum atomic E-state index is 13.1. The molecule has 5 rings (SSSR count). The van der Waals surface area contributed by atoms with Gasteiger partial charge in [0.05, 0.1) is 24.0 Å². The van der Waals surface area contributed by atoms with Gasteiger partial charge in [-0.3, -0.25) is 14.2 Å². The summed E-state index contributed by atoms with van der Waals surface area (Å²) in [4.78, 5) is 31.3. The standard InChI is InChI=1S/C22H22ClF2N5O3/c23-15-1-3-16(4-2-15)30-18-17(11-27-30)20(32)29(13-26-18)12-21(33)5-7-28(8-6-21)19(31)14-9-22(24,25)10-14/h1-4,11,13-14,33H,5-10,12H2. The highest BCUT2D eigenvalue weighted by molar-refractivity contribution is 6.30. The summed E-state index contributed by atoms with van der Waals surface area (Å²) in [5, 5.41) is 16.2. The molecule has 3 aromatic rings. The van der Waals surface area contributed by atoms with E-state index < -0.39 is 30.3 Å². The number of rotatable bonds is 4. The van der Waals surface area contributed by atoms with Crippen molar-refractivity contribution < 1.29 is 18.7 Å². The van der Waals surface area contributed by atoms with Crippen molar-refractivity contribution in [3.8, 4) is 5.69 Å². The predicted molar refractivity (Wildman–Crippen MR) is 117 cm³/mol. The van der Waals surface area contributed by atoms with Gasteiger partial charge in [-0.15, -0.1) is 0 Å². The molecule has 33 heavy (non-hydrogen) atoms. The Labute approximate surface area is 192 Å². The van der Waals surface area contributed by atoms with E-state index in [0.717, 1.165) is 0 Å². The van der Waals surface area contributed by atoms with E-state index >= 15 is 0 Å². The lowest BCUT2D eigenvalue weighted by Gasteiger charge is -2.42. The van der Waals surface area contributed by atoms with E-state index in [1.807, 2.05) is 0 Å². The third-order valence-electron chi connectivity index (χ3n) is 6.54. The molecule has 0 spiro atoms. The third kappa shape index (κ3) is 4.13. The highest BCUT2D eigenvalue weighted by Crippen LogP contribution is 2.43. The second-order valence-corrected chi connectivity index (χ2v) is 9.39. The molecule has 1 saturated heterocycles. The first-order valence-electron chi connectivity index (χ1n) is 10.7. The summed E-state index contributed by atoms with van der Waals surface area (Å²) in [5.74, 6) is -3.67. The van der Waals surface area contributed by atoms with Crippen molar-refractivity contribution in [2.45, 2.75) is 43.8 Å². The minimum absolute atomic E-state index is 0.0183. The molecule has 1 saturated carbocycles. The number of benzene rings is 1. The molecule has 2 fully saturated rings. The number of amides is 1. The number of fused-ring (bicyclic) bond motifs is 1. The molecule has 174 valence electrons. The van der Waals surface area contributed by atoms with Crippen LogP contribution in [0.25, 0.3) is 16.7 Å². The van der Waals surface area contributed by atoms with Crippen LogP contribution in [0.2, 0.25) is 5.02 Å². The van der Waals surface area contributed by atoms with Gasteiger partial charge in [0.15, 0.2) is 5.65 Å². The van der Waals surface area contributed by atoms with E-state index in [1.54, 1.807) is 28.9 Å². The van der Waals surface area contributed by atoms with Crippen LogP contribution in [-0.4, -0.2) is 59.9 Å². The Morgan fingerprint density at radius 1 is 1.18 bits per heavy atom. The summed E-state index contributed by atoms with van der Waals surface area (Å²) >= 11 is 5.93. The number of alkyl halides is 2. The molecule has 2 aromatic heterocycles. The number of halogens is 3. The first-order valence-corrected chi connectivity index (χ1v) is 11.1. The van der Waals surface area contributed by atoms with Crippen LogP contribution in [0, 0.1) is 5.92 Å². The molecular formula is C22H22ClF2N5O3. The van der Waals surface area contributed by atoms with Crippen molar-refractivity contribution >= 4 is 28.5 Å². The molecule has 3 heterocycles. The van der Waals surface area contributed by atoms with Gasteiger partial charge in [0, 0.05) is 36.9 Å². The number of piperidine rings is 1. The van der Waals surface area contributed by atoms with Gasteiger partial charge in [-0.1, -0.05) is 11.6 Å². The van der Waals surface area contributed by atoms with Gasteiger partial charge >= 0.3 is 0 Å². The summed E-state index contributed by atoms with van der Waals surface area (Å²) in [6, 6.07) is 6.97. The quantitative estimate of drug-likeness (QED) is 0.623. The van der Waals surface area contributed by atoms with Crippen LogP contribution in [0.5, 0.6) is 0 Å². The monoisotopic (exact) mass is 477 g/mol. The van der Waals surface area contributed by atoms with Gasteiger partial charge in [0.1, 0.15) is 11.7 Å². The van der Waals surface area contributed by atoms with Crippen molar-refractivity contribution in [2.75, 3.05) is 13.1 Å². The molecule has 0 bridgehead atoms. The van der Waals surface area contributed by atoms with Crippen molar-refractivity contribution in [2.24, 2.45) is 5.92 Å². The molecule has 1 aliphatic heterocycles. The highest BCUT2D eigenvalue weighted by Gasteiger charge is 2.50. The lowest BCUT2D eigenvalue weighted by molar-refractivity contribution is -0.163. The fourth-order valence-electron chi connectivity index (χ4n) is 4.55. The second-order valence-electron chi connectivity index (χ2n) is 8.96. The lowest BCUT2D eigenvalue weighted by Crippen LogP contribution is -2.53. The summed E-state index contributed by atoms with van der Waals surface area (Å²) in [7, 11) is 0. The summed E-state index contributed by atoms with van der Waals surface area (Å²) in [5.41, 5.74) is -0.433. The fourth-order valence-corrected chi connectivity index (χ4v) is 4.67. The largest absolute Gasteiger partial charge is 0.388 e. The number of aliphatic hydroxyl groups is 1. The van der Waals surface area contributed by atoms with Crippen LogP contribution in [0.15, 0.2) is 41.6 Å². The van der Waals surface area contributed by atoms with E-state index in [2.05, 4.69) is 10.1 Å². The zero-order chi connectivity index (χ0) is 23.4. The zero-order valence-corrected chi connectivity index (χ0v) is 18.4. The van der Waals surface area contributed by atoms with Crippen LogP contribution >= 0.6 is 11.6 Å². The van der Waals surface area contributed by atoms with Gasteiger partial charge in [-0.2, -0.15) is 5.10 Å². The minimum Gasteiger partial charge on any atom is -0.388 e. The van der Waals surface area contributed by atoms with Gasteiger partial charge in [0.2, 0.25) is 11.8 Å². The van der Waals surface area contributed by atoms with Crippen molar-refractivity contribution in [1.29, 1.82) is 0 Å². The lowest BCUT2D eigenvalue weighted by atomic mass is 9.79. The number of carbonyl (C=O) groups excluding carboxylic acids is 1. The SMILES string of the molecule is O=C(C1CC(F)(F)C1)N1CCC(O)(Cn2cnc3c(cnn3-c3ccc(Cl)cc3)c2=O)CC1.